The third kappa shape index (κ3) is 7.93. The van der Waals surface area contributed by atoms with Crippen molar-refractivity contribution in [1.82, 2.24) is 20.9 Å². The number of esters is 1. The summed E-state index contributed by atoms with van der Waals surface area (Å²) in [6.07, 6.45) is 6.37. The molecule has 3 N–H and O–H groups in total. The van der Waals surface area contributed by atoms with Crippen LogP contribution in [0.4, 0.5) is 0 Å². The highest BCUT2D eigenvalue weighted by Gasteiger charge is 2.25. The number of cyclic esters (lactones) is 1. The lowest BCUT2D eigenvalue weighted by molar-refractivity contribution is -0.151. The molecule has 0 aromatic carbocycles. The molecule has 178 valence electrons. The largest absolute Gasteiger partial charge is 0.456 e. The van der Waals surface area contributed by atoms with Crippen LogP contribution >= 0.6 is 24.4 Å². The summed E-state index contributed by atoms with van der Waals surface area (Å²) in [6, 6.07) is 2.44. The maximum Gasteiger partial charge on any atom is 0.328 e. The first-order chi connectivity index (χ1) is 15.8. The van der Waals surface area contributed by atoms with Gasteiger partial charge in [-0.2, -0.15) is 12.6 Å². The number of fused-ring (bicyclic) bond motifs is 2. The first-order valence-electron chi connectivity index (χ1n) is 10.4. The van der Waals surface area contributed by atoms with Crippen LogP contribution in [0.25, 0.3) is 0 Å². The van der Waals surface area contributed by atoms with Crippen LogP contribution < -0.4 is 16.0 Å². The number of thioether (sulfide) groups is 1. The average Bonchev–Trinajstić information content (AvgIpc) is 2.80. The first kappa shape index (κ1) is 26.5. The standard InChI is InChI=1S/C22H28N4O5S2/c1-4-16-20(28)24-13(2)22(30)31-15(7-5-6-10-32)11-18(27)23-12-14-8-9-17(33-3)19(25-14)21(29)26-16/h4-5,7-9,13,15,32H,6,10-12H2,1-3H3,(H,23,27)(H,24,28)(H,26,29)/b7-5+,16-4-/t13-,15+/m0/s1. The molecule has 0 aliphatic carbocycles. The molecule has 0 unspecified atom stereocenters. The smallest absolute Gasteiger partial charge is 0.328 e. The fraction of sp³-hybridized carbons (Fsp3) is 0.409. The summed E-state index contributed by atoms with van der Waals surface area (Å²) in [5.41, 5.74) is 0.579. The minimum atomic E-state index is -1.01. The Labute approximate surface area is 202 Å². The lowest BCUT2D eigenvalue weighted by Gasteiger charge is -2.20. The van der Waals surface area contributed by atoms with E-state index in [1.165, 1.54) is 24.8 Å². The summed E-state index contributed by atoms with van der Waals surface area (Å²) >= 11 is 5.47. The number of nitrogens with zero attached hydrogens (tertiary/aromatic N) is 1. The molecule has 2 rings (SSSR count). The van der Waals surface area contributed by atoms with Gasteiger partial charge in [-0.1, -0.05) is 12.2 Å². The highest BCUT2D eigenvalue weighted by Crippen LogP contribution is 2.20. The Bertz CT molecular complexity index is 964. The molecule has 2 atom stereocenters. The van der Waals surface area contributed by atoms with E-state index in [2.05, 4.69) is 33.6 Å². The third-order valence-corrected chi connectivity index (χ3v) is 5.63. The SMILES string of the molecule is C/C=C1\NC(=O)c2nc(ccc2SC)CNC(=O)C[C@@H](/C=C/CCS)OC(=O)[C@H](C)NC1=O. The average molecular weight is 493 g/mol. The molecule has 1 aromatic heterocycles. The molecule has 1 aliphatic rings. The predicted molar refractivity (Wildman–Crippen MR) is 129 cm³/mol. The van der Waals surface area contributed by atoms with Crippen molar-refractivity contribution in [2.24, 2.45) is 0 Å². The number of carbonyl (C=O) groups is 4. The number of thiol groups is 1. The van der Waals surface area contributed by atoms with Gasteiger partial charge in [0.05, 0.1) is 18.7 Å². The van der Waals surface area contributed by atoms with E-state index in [4.69, 9.17) is 4.74 Å². The van der Waals surface area contributed by atoms with Gasteiger partial charge in [0.25, 0.3) is 11.8 Å². The van der Waals surface area contributed by atoms with Crippen molar-refractivity contribution in [2.45, 2.75) is 50.3 Å². The van der Waals surface area contributed by atoms with Crippen molar-refractivity contribution in [2.75, 3.05) is 12.0 Å². The Kier molecular flexibility index (Phi) is 10.5. The predicted octanol–water partition coefficient (Wildman–Crippen LogP) is 1.75. The summed E-state index contributed by atoms with van der Waals surface area (Å²) in [4.78, 5) is 55.5. The van der Waals surface area contributed by atoms with Crippen LogP contribution in [0.5, 0.6) is 0 Å². The molecule has 1 aliphatic heterocycles. The van der Waals surface area contributed by atoms with Gasteiger partial charge in [-0.15, -0.1) is 11.8 Å². The molecular weight excluding hydrogens is 464 g/mol. The Hall–Kier alpha value is -2.79. The highest BCUT2D eigenvalue weighted by molar-refractivity contribution is 7.98. The number of aromatic nitrogens is 1. The molecule has 9 nitrogen and oxygen atoms in total. The van der Waals surface area contributed by atoms with E-state index in [-0.39, 0.29) is 30.3 Å². The Morgan fingerprint density at radius 2 is 2.00 bits per heavy atom. The summed E-state index contributed by atoms with van der Waals surface area (Å²) in [7, 11) is 0. The summed E-state index contributed by atoms with van der Waals surface area (Å²) < 4.78 is 5.44. The number of ether oxygens (including phenoxy) is 1. The van der Waals surface area contributed by atoms with Gasteiger partial charge in [-0.05, 0) is 50.5 Å². The molecular formula is C22H28N4O5S2. The molecule has 0 saturated heterocycles. The van der Waals surface area contributed by atoms with Crippen molar-refractivity contribution in [1.29, 1.82) is 0 Å². The van der Waals surface area contributed by atoms with Crippen LogP contribution in [0.3, 0.4) is 0 Å². The van der Waals surface area contributed by atoms with Gasteiger partial charge in [0.15, 0.2) is 0 Å². The van der Waals surface area contributed by atoms with Crippen molar-refractivity contribution in [3.63, 3.8) is 0 Å². The number of hydrogen-bond acceptors (Lipinski definition) is 8. The quantitative estimate of drug-likeness (QED) is 0.166. The Balaban J connectivity index is 2.39. The lowest BCUT2D eigenvalue weighted by atomic mass is 10.2. The van der Waals surface area contributed by atoms with Crippen molar-refractivity contribution >= 4 is 48.1 Å². The minimum absolute atomic E-state index is 0.0236. The molecule has 0 saturated carbocycles. The highest BCUT2D eigenvalue weighted by atomic mass is 32.2. The van der Waals surface area contributed by atoms with Crippen LogP contribution in [0.2, 0.25) is 0 Å². The lowest BCUT2D eigenvalue weighted by Crippen LogP contribution is -2.44. The molecule has 1 aromatic rings. The maximum atomic E-state index is 12.8. The molecule has 0 radical (unpaired) electrons. The van der Waals surface area contributed by atoms with Gasteiger partial charge in [-0.25, -0.2) is 9.78 Å². The number of carbonyl (C=O) groups excluding carboxylic acids is 4. The van der Waals surface area contributed by atoms with E-state index in [0.29, 0.717) is 22.8 Å². The van der Waals surface area contributed by atoms with E-state index >= 15 is 0 Å². The molecule has 0 spiro atoms. The summed E-state index contributed by atoms with van der Waals surface area (Å²) in [5.74, 6) is -1.68. The fourth-order valence-corrected chi connectivity index (χ4v) is 3.54. The molecule has 2 bridgehead atoms. The van der Waals surface area contributed by atoms with Gasteiger partial charge in [0.2, 0.25) is 5.91 Å². The number of nitrogens with one attached hydrogen (secondary N) is 3. The zero-order valence-electron chi connectivity index (χ0n) is 18.7. The maximum absolute atomic E-state index is 12.8. The Morgan fingerprint density at radius 3 is 2.67 bits per heavy atom. The summed E-state index contributed by atoms with van der Waals surface area (Å²) in [5, 5.41) is 7.79. The number of allylic oxidation sites excluding steroid dienone is 2. The molecule has 2 heterocycles. The van der Waals surface area contributed by atoms with Gasteiger partial charge in [-0.3, -0.25) is 14.4 Å². The zero-order chi connectivity index (χ0) is 24.4. The second kappa shape index (κ2) is 13.0. The topological polar surface area (TPSA) is 126 Å². The minimum Gasteiger partial charge on any atom is -0.456 e. The second-order valence-electron chi connectivity index (χ2n) is 7.10. The van der Waals surface area contributed by atoms with Gasteiger partial charge in [0.1, 0.15) is 23.5 Å². The van der Waals surface area contributed by atoms with E-state index in [1.807, 2.05) is 0 Å². The number of rotatable bonds is 4. The third-order valence-electron chi connectivity index (χ3n) is 4.60. The van der Waals surface area contributed by atoms with E-state index < -0.39 is 29.9 Å². The number of pyridine rings is 1. The van der Waals surface area contributed by atoms with Crippen LogP contribution in [-0.2, 0) is 25.7 Å². The van der Waals surface area contributed by atoms with Crippen LogP contribution in [0, 0.1) is 0 Å². The van der Waals surface area contributed by atoms with Crippen molar-refractivity contribution in [3.05, 3.63) is 47.4 Å². The Morgan fingerprint density at radius 1 is 1.24 bits per heavy atom. The van der Waals surface area contributed by atoms with Crippen LogP contribution in [0.1, 0.15) is 42.9 Å². The van der Waals surface area contributed by atoms with E-state index in [1.54, 1.807) is 37.5 Å². The summed E-state index contributed by atoms with van der Waals surface area (Å²) in [6.45, 7) is 3.14. The molecule has 0 fully saturated rings. The number of amides is 3. The van der Waals surface area contributed by atoms with Crippen LogP contribution in [-0.4, -0.2) is 52.8 Å². The molecule has 33 heavy (non-hydrogen) atoms. The molecule has 11 heteroatoms. The van der Waals surface area contributed by atoms with Crippen LogP contribution in [0.15, 0.2) is 41.0 Å². The molecule has 3 amide bonds. The van der Waals surface area contributed by atoms with E-state index in [9.17, 15) is 19.2 Å². The van der Waals surface area contributed by atoms with Crippen molar-refractivity contribution < 1.29 is 23.9 Å². The normalized spacial score (nSPS) is 22.0. The monoisotopic (exact) mass is 492 g/mol. The second-order valence-corrected chi connectivity index (χ2v) is 8.40. The zero-order valence-corrected chi connectivity index (χ0v) is 20.4. The van der Waals surface area contributed by atoms with E-state index in [0.717, 1.165) is 0 Å². The van der Waals surface area contributed by atoms with Gasteiger partial charge in [0, 0.05) is 4.90 Å². The number of hydrogen-bond donors (Lipinski definition) is 4. The van der Waals surface area contributed by atoms with Gasteiger partial charge < -0.3 is 20.7 Å². The fourth-order valence-electron chi connectivity index (χ4n) is 2.85. The first-order valence-corrected chi connectivity index (χ1v) is 12.2. The van der Waals surface area contributed by atoms with Gasteiger partial charge >= 0.3 is 5.97 Å². The van der Waals surface area contributed by atoms with Crippen molar-refractivity contribution in [3.8, 4) is 0 Å².